The van der Waals surface area contributed by atoms with Crippen molar-refractivity contribution in [1.82, 2.24) is 9.62 Å². The Morgan fingerprint density at radius 1 is 1.21 bits per heavy atom. The summed E-state index contributed by atoms with van der Waals surface area (Å²) in [5, 5.41) is 3.24. The lowest BCUT2D eigenvalue weighted by molar-refractivity contribution is -0.127. The molecular formula is C17H25ClN2O3S. The number of carbonyl (C=O) groups is 1. The first-order chi connectivity index (χ1) is 11.2. The van der Waals surface area contributed by atoms with Crippen LogP contribution in [0.25, 0.3) is 0 Å². The van der Waals surface area contributed by atoms with Gasteiger partial charge >= 0.3 is 0 Å². The minimum Gasteiger partial charge on any atom is -0.353 e. The number of sulfonamides is 1. The van der Waals surface area contributed by atoms with Crippen molar-refractivity contribution in [2.45, 2.75) is 44.6 Å². The first kappa shape index (κ1) is 19.2. The predicted molar refractivity (Wildman–Crippen MR) is 95.4 cm³/mol. The number of amides is 1. The van der Waals surface area contributed by atoms with Crippen molar-refractivity contribution in [2.75, 3.05) is 13.1 Å². The second kappa shape index (κ2) is 7.85. The lowest BCUT2D eigenvalue weighted by atomic mass is 9.96. The van der Waals surface area contributed by atoms with Crippen LogP contribution < -0.4 is 5.32 Å². The maximum Gasteiger partial charge on any atom is 0.244 e. The highest BCUT2D eigenvalue weighted by molar-refractivity contribution is 7.89. The molecule has 0 aromatic heterocycles. The van der Waals surface area contributed by atoms with E-state index in [-0.39, 0.29) is 27.8 Å². The number of nitrogens with zero attached hydrogens (tertiary/aromatic N) is 1. The number of hydrogen-bond donors (Lipinski definition) is 1. The smallest absolute Gasteiger partial charge is 0.244 e. The van der Waals surface area contributed by atoms with Crippen LogP contribution in [0.2, 0.25) is 5.02 Å². The first-order valence-corrected chi connectivity index (χ1v) is 10.1. The lowest BCUT2D eigenvalue weighted by Crippen LogP contribution is -2.45. The summed E-state index contributed by atoms with van der Waals surface area (Å²) in [5.74, 6) is 0.254. The summed E-state index contributed by atoms with van der Waals surface area (Å²) in [6.45, 7) is 6.77. The molecule has 1 aromatic carbocycles. The number of rotatable bonds is 5. The van der Waals surface area contributed by atoms with E-state index in [1.54, 1.807) is 18.2 Å². The standard InChI is InChI=1S/C17H25ClN2O3S/c1-12(2)13(3)19-17(21)14-8-10-20(11-9-14)24(22,23)16-7-5-4-6-15(16)18/h4-7,12-14H,8-11H2,1-3H3,(H,19,21). The number of hydrogen-bond acceptors (Lipinski definition) is 3. The Morgan fingerprint density at radius 2 is 1.79 bits per heavy atom. The van der Waals surface area contributed by atoms with E-state index in [4.69, 9.17) is 11.6 Å². The maximum absolute atomic E-state index is 12.7. The molecule has 0 radical (unpaired) electrons. The van der Waals surface area contributed by atoms with Crippen LogP contribution in [0, 0.1) is 11.8 Å². The Kier molecular flexibility index (Phi) is 6.28. The van der Waals surface area contributed by atoms with E-state index in [0.29, 0.717) is 31.8 Å². The molecule has 1 aliphatic rings. The fourth-order valence-corrected chi connectivity index (χ4v) is 4.62. The zero-order valence-electron chi connectivity index (χ0n) is 14.3. The number of nitrogens with one attached hydrogen (secondary N) is 1. The largest absolute Gasteiger partial charge is 0.353 e. The molecule has 134 valence electrons. The third-order valence-electron chi connectivity index (χ3n) is 4.65. The Hall–Kier alpha value is -1.11. The van der Waals surface area contributed by atoms with Crippen LogP contribution in [-0.4, -0.2) is 37.8 Å². The van der Waals surface area contributed by atoms with Gasteiger partial charge in [-0.2, -0.15) is 4.31 Å². The summed E-state index contributed by atoms with van der Waals surface area (Å²) in [4.78, 5) is 12.4. The van der Waals surface area contributed by atoms with Gasteiger partial charge < -0.3 is 5.32 Å². The van der Waals surface area contributed by atoms with Crippen LogP contribution in [0.5, 0.6) is 0 Å². The molecule has 0 saturated carbocycles. The zero-order chi connectivity index (χ0) is 17.9. The summed E-state index contributed by atoms with van der Waals surface area (Å²) in [6, 6.07) is 6.56. The van der Waals surface area contributed by atoms with E-state index < -0.39 is 10.0 Å². The maximum atomic E-state index is 12.7. The molecule has 24 heavy (non-hydrogen) atoms. The van der Waals surface area contributed by atoms with Crippen molar-refractivity contribution >= 4 is 27.5 Å². The van der Waals surface area contributed by atoms with E-state index in [1.807, 2.05) is 6.92 Å². The number of benzene rings is 1. The monoisotopic (exact) mass is 372 g/mol. The third-order valence-corrected chi connectivity index (χ3v) is 7.05. The van der Waals surface area contributed by atoms with Crippen molar-refractivity contribution in [1.29, 1.82) is 0 Å². The highest BCUT2D eigenvalue weighted by atomic mass is 35.5. The van der Waals surface area contributed by atoms with Gasteiger partial charge in [-0.05, 0) is 37.8 Å². The van der Waals surface area contributed by atoms with Gasteiger partial charge in [0.2, 0.25) is 15.9 Å². The topological polar surface area (TPSA) is 66.5 Å². The van der Waals surface area contributed by atoms with Gasteiger partial charge in [0, 0.05) is 25.0 Å². The first-order valence-electron chi connectivity index (χ1n) is 8.28. The van der Waals surface area contributed by atoms with Crippen LogP contribution in [0.1, 0.15) is 33.6 Å². The third kappa shape index (κ3) is 4.29. The van der Waals surface area contributed by atoms with E-state index in [0.717, 1.165) is 0 Å². The van der Waals surface area contributed by atoms with Gasteiger partial charge in [0.1, 0.15) is 4.90 Å². The number of carbonyl (C=O) groups excluding carboxylic acids is 1. The Morgan fingerprint density at radius 3 is 2.33 bits per heavy atom. The summed E-state index contributed by atoms with van der Waals surface area (Å²) in [5.41, 5.74) is 0. The molecule has 1 heterocycles. The molecule has 1 amide bonds. The molecule has 0 spiro atoms. The quantitative estimate of drug-likeness (QED) is 0.864. The molecule has 2 rings (SSSR count). The molecule has 7 heteroatoms. The van der Waals surface area contributed by atoms with Crippen LogP contribution in [0.3, 0.4) is 0 Å². The van der Waals surface area contributed by atoms with Gasteiger partial charge in [-0.25, -0.2) is 8.42 Å². The van der Waals surface area contributed by atoms with Crippen LogP contribution in [0.15, 0.2) is 29.2 Å². The van der Waals surface area contributed by atoms with Gasteiger partial charge in [-0.1, -0.05) is 37.6 Å². The van der Waals surface area contributed by atoms with Gasteiger partial charge in [0.25, 0.3) is 0 Å². The van der Waals surface area contributed by atoms with Crippen molar-refractivity contribution in [2.24, 2.45) is 11.8 Å². The molecule has 1 aromatic rings. The van der Waals surface area contributed by atoms with Crippen molar-refractivity contribution < 1.29 is 13.2 Å². The molecule has 0 aliphatic carbocycles. The van der Waals surface area contributed by atoms with Gasteiger partial charge in [-0.15, -0.1) is 0 Å². The van der Waals surface area contributed by atoms with Crippen molar-refractivity contribution in [3.63, 3.8) is 0 Å². The Labute approximate surface area is 149 Å². The van der Waals surface area contributed by atoms with Gasteiger partial charge in [-0.3, -0.25) is 4.79 Å². The summed E-state index contributed by atoms with van der Waals surface area (Å²) < 4.78 is 26.8. The predicted octanol–water partition coefficient (Wildman–Crippen LogP) is 2.90. The molecular weight excluding hydrogens is 348 g/mol. The summed E-state index contributed by atoms with van der Waals surface area (Å²) >= 11 is 6.02. The van der Waals surface area contributed by atoms with Crippen LogP contribution in [-0.2, 0) is 14.8 Å². The van der Waals surface area contributed by atoms with E-state index in [9.17, 15) is 13.2 Å². The fourth-order valence-electron chi connectivity index (χ4n) is 2.66. The Bertz CT molecular complexity index is 683. The number of halogens is 1. The average molecular weight is 373 g/mol. The molecule has 1 N–H and O–H groups in total. The van der Waals surface area contributed by atoms with Crippen LogP contribution >= 0.6 is 11.6 Å². The fraction of sp³-hybridized carbons (Fsp3) is 0.588. The molecule has 0 bridgehead atoms. The minimum atomic E-state index is -3.61. The molecule has 5 nitrogen and oxygen atoms in total. The summed E-state index contributed by atoms with van der Waals surface area (Å²) in [6.07, 6.45) is 1.06. The van der Waals surface area contributed by atoms with Gasteiger partial charge in [0.05, 0.1) is 5.02 Å². The van der Waals surface area contributed by atoms with Crippen molar-refractivity contribution in [3.8, 4) is 0 Å². The normalized spacial score (nSPS) is 18.5. The Balaban J connectivity index is 2.00. The molecule has 1 saturated heterocycles. The molecule has 1 fully saturated rings. The van der Waals surface area contributed by atoms with E-state index >= 15 is 0 Å². The average Bonchev–Trinajstić information content (AvgIpc) is 2.55. The van der Waals surface area contributed by atoms with Crippen LogP contribution in [0.4, 0.5) is 0 Å². The second-order valence-corrected chi connectivity index (χ2v) is 8.96. The summed E-state index contributed by atoms with van der Waals surface area (Å²) in [7, 11) is -3.61. The van der Waals surface area contributed by atoms with E-state index in [1.165, 1.54) is 10.4 Å². The number of piperidine rings is 1. The molecule has 1 unspecified atom stereocenters. The van der Waals surface area contributed by atoms with Crippen molar-refractivity contribution in [3.05, 3.63) is 29.3 Å². The second-order valence-electron chi connectivity index (χ2n) is 6.65. The van der Waals surface area contributed by atoms with Gasteiger partial charge in [0.15, 0.2) is 0 Å². The lowest BCUT2D eigenvalue weighted by Gasteiger charge is -2.31. The SMILES string of the molecule is CC(C)C(C)NC(=O)C1CCN(S(=O)(=O)c2ccccc2Cl)CC1. The highest BCUT2D eigenvalue weighted by Gasteiger charge is 2.33. The molecule has 1 atom stereocenters. The molecule has 1 aliphatic heterocycles. The highest BCUT2D eigenvalue weighted by Crippen LogP contribution is 2.28. The minimum absolute atomic E-state index is 0.0194. The zero-order valence-corrected chi connectivity index (χ0v) is 15.9. The van der Waals surface area contributed by atoms with E-state index in [2.05, 4.69) is 19.2 Å².